The van der Waals surface area contributed by atoms with Crippen LogP contribution in [0.15, 0.2) is 83.1 Å². The van der Waals surface area contributed by atoms with E-state index in [1.54, 1.807) is 31.2 Å². The van der Waals surface area contributed by atoms with Crippen molar-refractivity contribution in [3.63, 3.8) is 0 Å². The predicted octanol–water partition coefficient (Wildman–Crippen LogP) is 7.37. The Bertz CT molecular complexity index is 1530. The topological polar surface area (TPSA) is 103 Å². The summed E-state index contributed by atoms with van der Waals surface area (Å²) in [5.41, 5.74) is 2.77. The van der Waals surface area contributed by atoms with Crippen LogP contribution in [-0.2, 0) is 9.53 Å². The molecule has 0 spiro atoms. The average molecular weight is 605 g/mol. The molecule has 0 aliphatic rings. The van der Waals surface area contributed by atoms with Crippen molar-refractivity contribution in [1.82, 2.24) is 0 Å². The molecule has 4 aromatic rings. The quantitative estimate of drug-likeness (QED) is 0.129. The SMILES string of the molecule is CCOC(=O)c1c(-c2ccccc2)csc1NC(=O)C(CC)Sc1cccc(NC(=O)c2c(OC)cccc2OC)c1. The predicted molar refractivity (Wildman–Crippen MR) is 168 cm³/mol. The first kappa shape index (κ1) is 30.7. The van der Waals surface area contributed by atoms with E-state index in [4.69, 9.17) is 14.2 Å². The fourth-order valence-corrected chi connectivity index (χ4v) is 6.25. The number of esters is 1. The lowest BCUT2D eigenvalue weighted by atomic mass is 10.0. The van der Waals surface area contributed by atoms with Gasteiger partial charge in [0.15, 0.2) is 0 Å². The smallest absolute Gasteiger partial charge is 0.341 e. The van der Waals surface area contributed by atoms with Gasteiger partial charge in [-0.05, 0) is 49.2 Å². The molecule has 0 bridgehead atoms. The first-order valence-electron chi connectivity index (χ1n) is 13.3. The fourth-order valence-electron chi connectivity index (χ4n) is 4.28. The molecule has 1 atom stereocenters. The molecule has 3 aromatic carbocycles. The van der Waals surface area contributed by atoms with Crippen molar-refractivity contribution in [2.75, 3.05) is 31.5 Å². The first-order chi connectivity index (χ1) is 20.4. The molecule has 1 aromatic heterocycles. The molecule has 1 unspecified atom stereocenters. The maximum atomic E-state index is 13.4. The second-order valence-electron chi connectivity index (χ2n) is 8.96. The van der Waals surface area contributed by atoms with Crippen molar-refractivity contribution in [3.05, 3.63) is 89.3 Å². The lowest BCUT2D eigenvalue weighted by Crippen LogP contribution is -2.25. The number of methoxy groups -OCH3 is 2. The van der Waals surface area contributed by atoms with Gasteiger partial charge in [-0.15, -0.1) is 23.1 Å². The Hall–Kier alpha value is -4.28. The molecule has 2 N–H and O–H groups in total. The maximum absolute atomic E-state index is 13.4. The minimum absolute atomic E-state index is 0.223. The number of benzene rings is 3. The third-order valence-corrected chi connectivity index (χ3v) is 8.53. The second kappa shape index (κ2) is 14.6. The van der Waals surface area contributed by atoms with Crippen LogP contribution in [-0.4, -0.2) is 43.9 Å². The van der Waals surface area contributed by atoms with Crippen molar-refractivity contribution in [2.45, 2.75) is 30.4 Å². The lowest BCUT2D eigenvalue weighted by Gasteiger charge is -2.16. The van der Waals surface area contributed by atoms with Crippen molar-refractivity contribution >= 4 is 51.6 Å². The minimum atomic E-state index is -0.483. The highest BCUT2D eigenvalue weighted by atomic mass is 32.2. The highest BCUT2D eigenvalue weighted by Gasteiger charge is 2.26. The van der Waals surface area contributed by atoms with Crippen LogP contribution in [0.3, 0.4) is 0 Å². The number of thioether (sulfide) groups is 1. The van der Waals surface area contributed by atoms with Crippen LogP contribution in [0.1, 0.15) is 41.0 Å². The van der Waals surface area contributed by atoms with Crippen LogP contribution in [0.5, 0.6) is 11.5 Å². The zero-order chi connectivity index (χ0) is 30.1. The van der Waals surface area contributed by atoms with Crippen molar-refractivity contribution in [2.24, 2.45) is 0 Å². The Morgan fingerprint density at radius 2 is 1.55 bits per heavy atom. The molecular formula is C32H32N2O6S2. The van der Waals surface area contributed by atoms with Crippen LogP contribution < -0.4 is 20.1 Å². The highest BCUT2D eigenvalue weighted by molar-refractivity contribution is 8.00. The zero-order valence-electron chi connectivity index (χ0n) is 23.8. The number of hydrogen-bond donors (Lipinski definition) is 2. The van der Waals surface area contributed by atoms with E-state index in [0.29, 0.717) is 39.7 Å². The van der Waals surface area contributed by atoms with Crippen LogP contribution in [0.25, 0.3) is 11.1 Å². The molecular weight excluding hydrogens is 572 g/mol. The van der Waals surface area contributed by atoms with E-state index in [1.165, 1.54) is 37.3 Å². The maximum Gasteiger partial charge on any atom is 0.341 e. The molecule has 0 radical (unpaired) electrons. The van der Waals surface area contributed by atoms with E-state index in [1.807, 2.05) is 60.8 Å². The summed E-state index contributed by atoms with van der Waals surface area (Å²) in [4.78, 5) is 40.3. The molecule has 0 aliphatic heterocycles. The van der Waals surface area contributed by atoms with Crippen LogP contribution in [0.2, 0.25) is 0 Å². The van der Waals surface area contributed by atoms with Gasteiger partial charge in [-0.1, -0.05) is 49.4 Å². The number of carbonyl (C=O) groups is 3. The molecule has 218 valence electrons. The number of nitrogens with one attached hydrogen (secondary N) is 2. The number of hydrogen-bond acceptors (Lipinski definition) is 8. The summed E-state index contributed by atoms with van der Waals surface area (Å²) in [6.07, 6.45) is 0.539. The third kappa shape index (κ3) is 7.13. The normalized spacial score (nSPS) is 11.3. The number of anilines is 2. The molecule has 0 saturated heterocycles. The number of rotatable bonds is 12. The Morgan fingerprint density at radius 1 is 0.857 bits per heavy atom. The van der Waals surface area contributed by atoms with E-state index < -0.39 is 11.2 Å². The second-order valence-corrected chi connectivity index (χ2v) is 11.1. The number of ether oxygens (including phenoxy) is 3. The largest absolute Gasteiger partial charge is 0.496 e. The summed E-state index contributed by atoms with van der Waals surface area (Å²) in [5.74, 6) is -0.307. The van der Waals surface area contributed by atoms with Gasteiger partial charge in [-0.2, -0.15) is 0 Å². The lowest BCUT2D eigenvalue weighted by molar-refractivity contribution is -0.115. The van der Waals surface area contributed by atoms with Crippen LogP contribution in [0.4, 0.5) is 10.7 Å². The van der Waals surface area contributed by atoms with Gasteiger partial charge in [0.25, 0.3) is 5.91 Å². The van der Waals surface area contributed by atoms with Gasteiger partial charge < -0.3 is 24.8 Å². The Morgan fingerprint density at radius 3 is 2.19 bits per heavy atom. The van der Waals surface area contributed by atoms with E-state index in [-0.39, 0.29) is 24.0 Å². The van der Waals surface area contributed by atoms with Crippen molar-refractivity contribution in [3.8, 4) is 22.6 Å². The van der Waals surface area contributed by atoms with E-state index in [0.717, 1.165) is 10.5 Å². The third-order valence-electron chi connectivity index (χ3n) is 6.28. The highest BCUT2D eigenvalue weighted by Crippen LogP contribution is 2.37. The summed E-state index contributed by atoms with van der Waals surface area (Å²) >= 11 is 2.66. The summed E-state index contributed by atoms with van der Waals surface area (Å²) in [6.45, 7) is 3.89. The standard InChI is InChI=1S/C32H32N2O6S2/c1-5-26(29(35)34-31-27(32(37)40-6-2)23(19-41-31)20-12-8-7-9-13-20)42-22-15-10-14-21(18-22)33-30(36)28-24(38-3)16-11-17-25(28)39-4/h7-19,26H,5-6H2,1-4H3,(H,33,36)(H,34,35). The van der Waals surface area contributed by atoms with E-state index in [9.17, 15) is 14.4 Å². The summed E-state index contributed by atoms with van der Waals surface area (Å²) in [6, 6.07) is 21.9. The summed E-state index contributed by atoms with van der Waals surface area (Å²) in [7, 11) is 2.99. The van der Waals surface area contributed by atoms with Gasteiger partial charge in [-0.3, -0.25) is 9.59 Å². The molecule has 8 nitrogen and oxygen atoms in total. The zero-order valence-corrected chi connectivity index (χ0v) is 25.4. The minimum Gasteiger partial charge on any atom is -0.496 e. The molecule has 0 fully saturated rings. The van der Waals surface area contributed by atoms with Gasteiger partial charge >= 0.3 is 5.97 Å². The average Bonchev–Trinajstić information content (AvgIpc) is 3.43. The van der Waals surface area contributed by atoms with Crippen molar-refractivity contribution < 1.29 is 28.6 Å². The fraction of sp³-hybridized carbons (Fsp3) is 0.219. The Labute approximate surface area is 253 Å². The number of amides is 2. The molecule has 0 saturated carbocycles. The Balaban J connectivity index is 1.51. The molecule has 4 rings (SSSR count). The molecule has 42 heavy (non-hydrogen) atoms. The Kier molecular flexibility index (Phi) is 10.6. The monoisotopic (exact) mass is 604 g/mol. The number of carbonyl (C=O) groups excluding carboxylic acids is 3. The van der Waals surface area contributed by atoms with Gasteiger partial charge in [-0.25, -0.2) is 4.79 Å². The molecule has 0 aliphatic carbocycles. The summed E-state index contributed by atoms with van der Waals surface area (Å²) < 4.78 is 16.0. The molecule has 1 heterocycles. The van der Waals surface area contributed by atoms with E-state index in [2.05, 4.69) is 10.6 Å². The molecule has 10 heteroatoms. The van der Waals surface area contributed by atoms with Gasteiger partial charge in [0.2, 0.25) is 5.91 Å². The van der Waals surface area contributed by atoms with Crippen molar-refractivity contribution in [1.29, 1.82) is 0 Å². The van der Waals surface area contributed by atoms with Crippen LogP contribution in [0, 0.1) is 0 Å². The number of thiophene rings is 1. The van der Waals surface area contributed by atoms with Gasteiger partial charge in [0, 0.05) is 21.5 Å². The van der Waals surface area contributed by atoms with E-state index >= 15 is 0 Å². The molecule has 2 amide bonds. The van der Waals surface area contributed by atoms with Gasteiger partial charge in [0.05, 0.1) is 26.1 Å². The van der Waals surface area contributed by atoms with Crippen LogP contribution >= 0.6 is 23.1 Å². The first-order valence-corrected chi connectivity index (χ1v) is 15.1. The summed E-state index contributed by atoms with van der Waals surface area (Å²) in [5, 5.41) is 7.71. The van der Waals surface area contributed by atoms with Gasteiger partial charge in [0.1, 0.15) is 27.6 Å².